The quantitative estimate of drug-likeness (QED) is 0.370. The normalized spacial score (nSPS) is 13.0. The van der Waals surface area contributed by atoms with Gasteiger partial charge < -0.3 is 5.84 Å². The van der Waals surface area contributed by atoms with Crippen LogP contribution in [-0.4, -0.2) is 17.1 Å². The molecule has 0 aliphatic rings. The Balaban J connectivity index is 3.05. The van der Waals surface area contributed by atoms with Crippen molar-refractivity contribution in [3.8, 4) is 0 Å². The zero-order valence-corrected chi connectivity index (χ0v) is 11.2. The van der Waals surface area contributed by atoms with Crippen LogP contribution in [0.3, 0.4) is 0 Å². The molecular weight excluding hydrogens is 265 g/mol. The fraction of sp³-hybridized carbons (Fsp3) is 0.200. The van der Waals surface area contributed by atoms with Crippen LogP contribution in [0.5, 0.6) is 0 Å². The molecule has 1 rings (SSSR count). The summed E-state index contributed by atoms with van der Waals surface area (Å²) >= 11 is 13.1. The first kappa shape index (κ1) is 13.4. The standard InChI is InChI=1S/C10H11Cl2N3S/c1-6(14-10(15-13)16-2)7-3-4-8(11)9(12)5-7/h3-5H,13H2,1-2H3/b14-6+,15-10-. The summed E-state index contributed by atoms with van der Waals surface area (Å²) in [6.07, 6.45) is 1.86. The maximum atomic E-state index is 5.92. The van der Waals surface area contributed by atoms with Gasteiger partial charge in [-0.25, -0.2) is 4.99 Å². The minimum atomic E-state index is 0.504. The van der Waals surface area contributed by atoms with Crippen LogP contribution in [0.2, 0.25) is 10.0 Å². The lowest BCUT2D eigenvalue weighted by molar-refractivity contribution is 1.25. The zero-order chi connectivity index (χ0) is 12.1. The van der Waals surface area contributed by atoms with E-state index in [9.17, 15) is 0 Å². The van der Waals surface area contributed by atoms with Gasteiger partial charge in [0.2, 0.25) is 5.17 Å². The molecule has 0 unspecified atom stereocenters. The third kappa shape index (κ3) is 3.40. The molecule has 0 bridgehead atoms. The van der Waals surface area contributed by atoms with Gasteiger partial charge in [0.1, 0.15) is 0 Å². The van der Waals surface area contributed by atoms with E-state index in [-0.39, 0.29) is 0 Å². The minimum Gasteiger partial charge on any atom is -0.321 e. The molecule has 0 saturated heterocycles. The fourth-order valence-corrected chi connectivity index (χ4v) is 1.69. The molecule has 0 atom stereocenters. The molecule has 0 saturated carbocycles. The third-order valence-electron chi connectivity index (χ3n) is 1.89. The number of benzene rings is 1. The van der Waals surface area contributed by atoms with E-state index in [1.54, 1.807) is 12.1 Å². The summed E-state index contributed by atoms with van der Waals surface area (Å²) in [5.41, 5.74) is 1.68. The molecule has 2 N–H and O–H groups in total. The van der Waals surface area contributed by atoms with Crippen molar-refractivity contribution in [3.05, 3.63) is 33.8 Å². The number of nitrogens with two attached hydrogens (primary N) is 1. The van der Waals surface area contributed by atoms with Crippen molar-refractivity contribution >= 4 is 45.8 Å². The topological polar surface area (TPSA) is 50.7 Å². The summed E-state index contributed by atoms with van der Waals surface area (Å²) in [4.78, 5) is 4.26. The van der Waals surface area contributed by atoms with Crippen molar-refractivity contribution in [1.82, 2.24) is 0 Å². The summed E-state index contributed by atoms with van der Waals surface area (Å²) in [6.45, 7) is 1.86. The van der Waals surface area contributed by atoms with Crippen LogP contribution in [0, 0.1) is 0 Å². The van der Waals surface area contributed by atoms with Crippen molar-refractivity contribution in [2.24, 2.45) is 15.9 Å². The largest absolute Gasteiger partial charge is 0.321 e. The number of nitrogens with zero attached hydrogens (tertiary/aromatic N) is 2. The van der Waals surface area contributed by atoms with Gasteiger partial charge in [0, 0.05) is 5.71 Å². The number of hydrazone groups is 1. The third-order valence-corrected chi connectivity index (χ3v) is 3.19. The average molecular weight is 276 g/mol. The highest BCUT2D eigenvalue weighted by Crippen LogP contribution is 2.23. The van der Waals surface area contributed by atoms with Crippen LogP contribution in [0.15, 0.2) is 28.3 Å². The molecular formula is C10H11Cl2N3S. The van der Waals surface area contributed by atoms with Gasteiger partial charge in [-0.15, -0.1) is 0 Å². The number of hydrogen-bond acceptors (Lipinski definition) is 3. The second-order valence-electron chi connectivity index (χ2n) is 2.94. The van der Waals surface area contributed by atoms with Gasteiger partial charge in [-0.1, -0.05) is 41.0 Å². The Morgan fingerprint density at radius 1 is 1.31 bits per heavy atom. The number of hydrogen-bond donors (Lipinski definition) is 1. The highest BCUT2D eigenvalue weighted by molar-refractivity contribution is 8.13. The number of rotatable bonds is 1. The first-order chi connectivity index (χ1) is 7.58. The highest BCUT2D eigenvalue weighted by atomic mass is 35.5. The van der Waals surface area contributed by atoms with E-state index in [0.29, 0.717) is 15.2 Å². The molecule has 3 nitrogen and oxygen atoms in total. The summed E-state index contributed by atoms with van der Waals surface area (Å²) in [5, 5.41) is 5.09. The molecule has 0 aliphatic heterocycles. The van der Waals surface area contributed by atoms with Gasteiger partial charge in [0.25, 0.3) is 0 Å². The first-order valence-corrected chi connectivity index (χ1v) is 6.39. The lowest BCUT2D eigenvalue weighted by Gasteiger charge is -2.03. The zero-order valence-electron chi connectivity index (χ0n) is 8.87. The fourth-order valence-electron chi connectivity index (χ4n) is 1.06. The van der Waals surface area contributed by atoms with Crippen molar-refractivity contribution in [1.29, 1.82) is 0 Å². The monoisotopic (exact) mass is 275 g/mol. The van der Waals surface area contributed by atoms with Gasteiger partial charge in [0.15, 0.2) is 0 Å². The molecule has 86 valence electrons. The molecule has 6 heteroatoms. The molecule has 1 aromatic rings. The maximum absolute atomic E-state index is 5.92. The van der Waals surface area contributed by atoms with Crippen LogP contribution in [0.25, 0.3) is 0 Å². The summed E-state index contributed by atoms with van der Waals surface area (Å²) in [7, 11) is 0. The summed E-state index contributed by atoms with van der Waals surface area (Å²) < 4.78 is 0. The number of halogens is 2. The van der Waals surface area contributed by atoms with E-state index < -0.39 is 0 Å². The Labute approximate surface area is 109 Å². The Morgan fingerprint density at radius 3 is 2.50 bits per heavy atom. The van der Waals surface area contributed by atoms with Crippen molar-refractivity contribution in [2.75, 3.05) is 6.26 Å². The summed E-state index contributed by atoms with van der Waals surface area (Å²) in [6, 6.07) is 5.34. The Morgan fingerprint density at radius 2 is 2.00 bits per heavy atom. The molecule has 0 radical (unpaired) electrons. The predicted octanol–water partition coefficient (Wildman–Crippen LogP) is 3.40. The van der Waals surface area contributed by atoms with Crippen LogP contribution >= 0.6 is 35.0 Å². The molecule has 1 aromatic carbocycles. The molecule has 16 heavy (non-hydrogen) atoms. The molecule has 0 aliphatic carbocycles. The maximum Gasteiger partial charge on any atom is 0.205 e. The van der Waals surface area contributed by atoms with Crippen molar-refractivity contribution in [2.45, 2.75) is 6.92 Å². The molecule has 0 spiro atoms. The molecule has 0 heterocycles. The van der Waals surface area contributed by atoms with E-state index in [0.717, 1.165) is 11.3 Å². The van der Waals surface area contributed by atoms with E-state index in [1.165, 1.54) is 11.8 Å². The van der Waals surface area contributed by atoms with Gasteiger partial charge >= 0.3 is 0 Å². The predicted molar refractivity (Wildman–Crippen MR) is 73.8 cm³/mol. The number of aliphatic imine (C=N–C) groups is 1. The first-order valence-electron chi connectivity index (χ1n) is 4.41. The second kappa shape index (κ2) is 6.13. The van der Waals surface area contributed by atoms with Crippen LogP contribution in [0.4, 0.5) is 0 Å². The Bertz CT molecular complexity index is 444. The highest BCUT2D eigenvalue weighted by Gasteiger charge is 2.03. The van der Waals surface area contributed by atoms with Gasteiger partial charge in [-0.05, 0) is 30.9 Å². The average Bonchev–Trinajstić information content (AvgIpc) is 2.29. The van der Waals surface area contributed by atoms with E-state index >= 15 is 0 Å². The van der Waals surface area contributed by atoms with Gasteiger partial charge in [-0.2, -0.15) is 5.10 Å². The molecule has 0 fully saturated rings. The van der Waals surface area contributed by atoms with Crippen LogP contribution in [-0.2, 0) is 0 Å². The molecule has 0 amide bonds. The lowest BCUT2D eigenvalue weighted by Crippen LogP contribution is -2.00. The SMILES string of the molecule is CSC(=N\N)/N=C(\C)c1ccc(Cl)c(Cl)c1. The van der Waals surface area contributed by atoms with E-state index in [2.05, 4.69) is 10.1 Å². The van der Waals surface area contributed by atoms with Crippen molar-refractivity contribution < 1.29 is 0 Å². The minimum absolute atomic E-state index is 0.504. The number of thioether (sulfide) groups is 1. The van der Waals surface area contributed by atoms with Crippen molar-refractivity contribution in [3.63, 3.8) is 0 Å². The van der Waals surface area contributed by atoms with Crippen LogP contribution < -0.4 is 5.84 Å². The van der Waals surface area contributed by atoms with Gasteiger partial charge in [0.05, 0.1) is 10.0 Å². The number of amidine groups is 1. The Kier molecular flexibility index (Phi) is 5.12. The lowest BCUT2D eigenvalue weighted by atomic mass is 10.1. The van der Waals surface area contributed by atoms with Crippen LogP contribution in [0.1, 0.15) is 12.5 Å². The van der Waals surface area contributed by atoms with E-state index in [1.807, 2.05) is 19.2 Å². The Hall–Kier alpha value is -0.710. The molecule has 0 aromatic heterocycles. The van der Waals surface area contributed by atoms with E-state index in [4.69, 9.17) is 29.0 Å². The summed E-state index contributed by atoms with van der Waals surface area (Å²) in [5.74, 6) is 5.18. The smallest absolute Gasteiger partial charge is 0.205 e. The van der Waals surface area contributed by atoms with Gasteiger partial charge in [-0.3, -0.25) is 0 Å². The second-order valence-corrected chi connectivity index (χ2v) is 4.53.